The lowest BCUT2D eigenvalue weighted by Crippen LogP contribution is -2.28. The lowest BCUT2D eigenvalue weighted by molar-refractivity contribution is 1.16. The molecule has 66 valence electrons. The van der Waals surface area contributed by atoms with Crippen molar-refractivity contribution in [3.05, 3.63) is 38.2 Å². The molecule has 0 aliphatic carbocycles. The van der Waals surface area contributed by atoms with Crippen molar-refractivity contribution in [2.75, 3.05) is 0 Å². The molecule has 4 nitrogen and oxygen atoms in total. The van der Waals surface area contributed by atoms with E-state index in [4.69, 9.17) is 0 Å². The number of aromatic amines is 2. The highest BCUT2D eigenvalue weighted by Crippen LogP contribution is 2.20. The van der Waals surface area contributed by atoms with Crippen molar-refractivity contribution in [3.63, 3.8) is 0 Å². The van der Waals surface area contributed by atoms with Crippen LogP contribution in [0.4, 0.5) is 0 Å². The van der Waals surface area contributed by atoms with Crippen LogP contribution in [-0.2, 0) is 0 Å². The monoisotopic (exact) mass is 194 g/mol. The van der Waals surface area contributed by atoms with Crippen molar-refractivity contribution in [1.82, 2.24) is 9.97 Å². The highest BCUT2D eigenvalue weighted by atomic mass is 32.1. The van der Waals surface area contributed by atoms with Crippen molar-refractivity contribution in [1.29, 1.82) is 0 Å². The number of thiophene rings is 1. The highest BCUT2D eigenvalue weighted by molar-refractivity contribution is 7.16. The summed E-state index contributed by atoms with van der Waals surface area (Å²) in [6, 6.07) is 0. The number of fused-ring (bicyclic) bond motifs is 1. The van der Waals surface area contributed by atoms with E-state index in [9.17, 15) is 9.59 Å². The zero-order valence-corrected chi connectivity index (χ0v) is 7.40. The minimum Gasteiger partial charge on any atom is -0.315 e. The van der Waals surface area contributed by atoms with Gasteiger partial charge < -0.3 is 9.97 Å². The number of H-pyrrole nitrogens is 2. The topological polar surface area (TPSA) is 65.7 Å². The van der Waals surface area contributed by atoms with Crippen LogP contribution in [0.15, 0.2) is 21.5 Å². The quantitative estimate of drug-likeness (QED) is 0.663. The number of aromatic nitrogens is 2. The molecular weight excluding hydrogens is 188 g/mol. The Bertz CT molecular complexity index is 576. The van der Waals surface area contributed by atoms with Crippen molar-refractivity contribution >= 4 is 27.8 Å². The van der Waals surface area contributed by atoms with Crippen LogP contribution in [0.25, 0.3) is 16.4 Å². The van der Waals surface area contributed by atoms with Crippen LogP contribution in [-0.4, -0.2) is 9.97 Å². The molecule has 2 N–H and O–H groups in total. The average molecular weight is 194 g/mol. The molecule has 0 fully saturated rings. The van der Waals surface area contributed by atoms with Gasteiger partial charge in [-0.3, -0.25) is 9.59 Å². The van der Waals surface area contributed by atoms with Gasteiger partial charge in [0, 0.05) is 10.9 Å². The first-order valence-corrected chi connectivity index (χ1v) is 4.46. The molecule has 0 atom stereocenters. The molecule has 0 aromatic carbocycles. The van der Waals surface area contributed by atoms with E-state index in [2.05, 4.69) is 16.5 Å². The fourth-order valence-corrected chi connectivity index (χ4v) is 1.97. The van der Waals surface area contributed by atoms with E-state index in [1.807, 2.05) is 5.38 Å². The van der Waals surface area contributed by atoms with Crippen LogP contribution >= 0.6 is 11.3 Å². The Morgan fingerprint density at radius 2 is 2.00 bits per heavy atom. The number of nitrogens with one attached hydrogen (secondary N) is 2. The maximum absolute atomic E-state index is 11.0. The molecule has 0 bridgehead atoms. The number of hydrogen-bond acceptors (Lipinski definition) is 3. The third kappa shape index (κ3) is 1.13. The van der Waals surface area contributed by atoms with E-state index in [0.717, 1.165) is 5.56 Å². The lowest BCUT2D eigenvalue weighted by atomic mass is 10.3. The second kappa shape index (κ2) is 2.70. The highest BCUT2D eigenvalue weighted by Gasteiger charge is 2.03. The van der Waals surface area contributed by atoms with Crippen LogP contribution in [0.2, 0.25) is 0 Å². The summed E-state index contributed by atoms with van der Waals surface area (Å²) in [6.07, 6.45) is 1.63. The Kier molecular flexibility index (Phi) is 1.66. The van der Waals surface area contributed by atoms with Gasteiger partial charge in [0.15, 0.2) is 0 Å². The van der Waals surface area contributed by atoms with Gasteiger partial charge in [0.05, 0.1) is 5.52 Å². The molecule has 0 unspecified atom stereocenters. The molecule has 0 saturated carbocycles. The molecule has 0 amide bonds. The third-order valence-electron chi connectivity index (χ3n) is 1.71. The van der Waals surface area contributed by atoms with E-state index in [-0.39, 0.29) is 0 Å². The molecule has 2 aromatic rings. The Labute approximate surface area is 76.6 Å². The molecule has 0 radical (unpaired) electrons. The SMILES string of the molecule is C=Cc1csc2[nH]c(=O)c(=O)[nH]c12. The Morgan fingerprint density at radius 3 is 2.69 bits per heavy atom. The van der Waals surface area contributed by atoms with Crippen molar-refractivity contribution in [2.45, 2.75) is 0 Å². The molecule has 2 heterocycles. The second-order valence-electron chi connectivity index (χ2n) is 2.51. The molecular formula is C8H6N2O2S. The molecule has 0 spiro atoms. The van der Waals surface area contributed by atoms with Gasteiger partial charge >= 0.3 is 11.1 Å². The van der Waals surface area contributed by atoms with Gasteiger partial charge in [-0.05, 0) is 0 Å². The zero-order chi connectivity index (χ0) is 9.42. The first kappa shape index (κ1) is 8.00. The summed E-state index contributed by atoms with van der Waals surface area (Å²) in [5, 5.41) is 1.82. The van der Waals surface area contributed by atoms with Crippen LogP contribution in [0.5, 0.6) is 0 Å². The van der Waals surface area contributed by atoms with Crippen LogP contribution in [0.3, 0.4) is 0 Å². The predicted octanol–water partition coefficient (Wildman–Crippen LogP) is 0.921. The fraction of sp³-hybridized carbons (Fsp3) is 0. The minimum atomic E-state index is -0.631. The van der Waals surface area contributed by atoms with E-state index < -0.39 is 11.1 Å². The third-order valence-corrected chi connectivity index (χ3v) is 2.62. The molecule has 13 heavy (non-hydrogen) atoms. The molecule has 2 rings (SSSR count). The predicted molar refractivity (Wildman–Crippen MR) is 53.2 cm³/mol. The van der Waals surface area contributed by atoms with Gasteiger partial charge in [-0.2, -0.15) is 0 Å². The van der Waals surface area contributed by atoms with Crippen LogP contribution in [0.1, 0.15) is 5.56 Å². The van der Waals surface area contributed by atoms with E-state index in [1.165, 1.54) is 11.3 Å². The standard InChI is InChI=1S/C8H6N2O2S/c1-2-4-3-13-8-5(4)9-6(11)7(12)10-8/h2-3H,1H2,(H,9,11)(H,10,12). The molecule has 0 aliphatic heterocycles. The van der Waals surface area contributed by atoms with E-state index >= 15 is 0 Å². The van der Waals surface area contributed by atoms with Crippen LogP contribution < -0.4 is 11.1 Å². The number of rotatable bonds is 1. The molecule has 0 aliphatic rings. The van der Waals surface area contributed by atoms with Crippen LogP contribution in [0, 0.1) is 0 Å². The number of hydrogen-bond donors (Lipinski definition) is 2. The normalized spacial score (nSPS) is 10.5. The summed E-state index contributed by atoms with van der Waals surface area (Å²) in [4.78, 5) is 27.5. The van der Waals surface area contributed by atoms with E-state index in [0.29, 0.717) is 10.3 Å². The maximum atomic E-state index is 11.0. The molecule has 5 heteroatoms. The summed E-state index contributed by atoms with van der Waals surface area (Å²) in [5.74, 6) is 0. The summed E-state index contributed by atoms with van der Waals surface area (Å²) in [5.41, 5.74) is 0.219. The first-order valence-electron chi connectivity index (χ1n) is 3.58. The first-order chi connectivity index (χ1) is 6.22. The summed E-state index contributed by atoms with van der Waals surface area (Å²) in [7, 11) is 0. The molecule has 2 aromatic heterocycles. The zero-order valence-electron chi connectivity index (χ0n) is 6.59. The summed E-state index contributed by atoms with van der Waals surface area (Å²) >= 11 is 1.36. The molecule has 0 saturated heterocycles. The second-order valence-corrected chi connectivity index (χ2v) is 3.39. The van der Waals surface area contributed by atoms with Gasteiger partial charge in [0.1, 0.15) is 4.83 Å². The maximum Gasteiger partial charge on any atom is 0.314 e. The van der Waals surface area contributed by atoms with Gasteiger partial charge in [-0.25, -0.2) is 0 Å². The minimum absolute atomic E-state index is 0.620. The van der Waals surface area contributed by atoms with Gasteiger partial charge in [0.25, 0.3) is 0 Å². The largest absolute Gasteiger partial charge is 0.315 e. The van der Waals surface area contributed by atoms with Crippen molar-refractivity contribution in [3.8, 4) is 0 Å². The summed E-state index contributed by atoms with van der Waals surface area (Å²) in [6.45, 7) is 3.60. The van der Waals surface area contributed by atoms with Crippen molar-refractivity contribution < 1.29 is 0 Å². The average Bonchev–Trinajstić information content (AvgIpc) is 2.48. The fourth-order valence-electron chi connectivity index (χ4n) is 1.07. The Hall–Kier alpha value is -1.62. The van der Waals surface area contributed by atoms with E-state index in [1.54, 1.807) is 6.08 Å². The Morgan fingerprint density at radius 1 is 1.31 bits per heavy atom. The summed E-state index contributed by atoms with van der Waals surface area (Å²) < 4.78 is 0. The van der Waals surface area contributed by atoms with Crippen molar-refractivity contribution in [2.24, 2.45) is 0 Å². The smallest absolute Gasteiger partial charge is 0.314 e. The van der Waals surface area contributed by atoms with Gasteiger partial charge in [-0.1, -0.05) is 12.7 Å². The van der Waals surface area contributed by atoms with Gasteiger partial charge in [-0.15, -0.1) is 11.3 Å². The lowest BCUT2D eigenvalue weighted by Gasteiger charge is -1.89. The Balaban J connectivity index is 3.00. The van der Waals surface area contributed by atoms with Gasteiger partial charge in [0.2, 0.25) is 0 Å².